The van der Waals surface area contributed by atoms with Crippen LogP contribution in [0.5, 0.6) is 17.2 Å². The van der Waals surface area contributed by atoms with Crippen molar-refractivity contribution < 1.29 is 73.8 Å². The molecule has 0 radical (unpaired) electrons. The van der Waals surface area contributed by atoms with Crippen LogP contribution in [0.15, 0.2) is 67.2 Å². The summed E-state index contributed by atoms with van der Waals surface area (Å²) in [5.74, 6) is -1.67. The molecule has 17 nitrogen and oxygen atoms in total. The molecule has 3 aliphatic heterocycles. The molecule has 3 aliphatic rings. The van der Waals surface area contributed by atoms with Gasteiger partial charge in [0.25, 0.3) is 17.6 Å². The van der Waals surface area contributed by atoms with Crippen LogP contribution in [0, 0.1) is 5.41 Å². The number of carbonyl (C=O) groups excluding carboxylic acids is 2. The minimum atomic E-state index is -1.81. The Kier molecular flexibility index (Phi) is 12.3. The Balaban J connectivity index is 1.16. The first-order chi connectivity index (χ1) is 27.0. The summed E-state index contributed by atoms with van der Waals surface area (Å²) in [4.78, 5) is 27.4. The van der Waals surface area contributed by atoms with Gasteiger partial charge in [0.1, 0.15) is 60.1 Å². The van der Waals surface area contributed by atoms with Gasteiger partial charge in [0.15, 0.2) is 17.8 Å². The molecule has 6 rings (SSSR count). The van der Waals surface area contributed by atoms with Gasteiger partial charge in [-0.1, -0.05) is 45.6 Å². The predicted octanol–water partition coefficient (Wildman–Crippen LogP) is 1.37. The van der Waals surface area contributed by atoms with Gasteiger partial charge in [0, 0.05) is 23.6 Å². The van der Waals surface area contributed by atoms with E-state index in [-0.39, 0.29) is 22.7 Å². The van der Waals surface area contributed by atoms with E-state index in [0.29, 0.717) is 17.0 Å². The minimum Gasteiger partial charge on any atom is -0.462 e. The summed E-state index contributed by atoms with van der Waals surface area (Å²) in [6.45, 7) is 9.80. The maximum Gasteiger partial charge on any atom is 0.261 e. The van der Waals surface area contributed by atoms with Crippen LogP contribution in [0.2, 0.25) is 0 Å². The van der Waals surface area contributed by atoms with Crippen LogP contribution in [0.4, 0.5) is 11.4 Å². The summed E-state index contributed by atoms with van der Waals surface area (Å²) < 4.78 is 34.9. The Hall–Kier alpha value is -4.66. The second-order valence-corrected chi connectivity index (χ2v) is 15.1. The summed E-state index contributed by atoms with van der Waals surface area (Å²) >= 11 is 0. The molecule has 1 unspecified atom stereocenters. The quantitative estimate of drug-likeness (QED) is 0.133. The van der Waals surface area contributed by atoms with E-state index in [1.165, 1.54) is 24.3 Å². The first kappa shape index (κ1) is 42.0. The van der Waals surface area contributed by atoms with Gasteiger partial charge in [-0.2, -0.15) is 0 Å². The third-order valence-corrected chi connectivity index (χ3v) is 10.3. The van der Waals surface area contributed by atoms with E-state index in [0.717, 1.165) is 5.56 Å². The van der Waals surface area contributed by atoms with Gasteiger partial charge in [0.2, 0.25) is 6.29 Å². The lowest BCUT2D eigenvalue weighted by Gasteiger charge is -2.45. The number of fused-ring (bicyclic) bond motifs is 1. The van der Waals surface area contributed by atoms with E-state index >= 15 is 0 Å². The maximum absolute atomic E-state index is 14.1. The summed E-state index contributed by atoms with van der Waals surface area (Å²) in [5, 5.41) is 77.6. The molecule has 3 aromatic carbocycles. The molecule has 11 atom stereocenters. The number of aliphatic hydroxyl groups excluding tert-OH is 7. The highest BCUT2D eigenvalue weighted by Gasteiger charge is 2.52. The van der Waals surface area contributed by atoms with Crippen molar-refractivity contribution in [3.05, 3.63) is 83.9 Å². The summed E-state index contributed by atoms with van der Waals surface area (Å²) in [5.41, 5.74) is 1.13. The molecule has 2 saturated heterocycles. The van der Waals surface area contributed by atoms with E-state index in [1.807, 2.05) is 20.8 Å². The Bertz CT molecular complexity index is 1920. The smallest absolute Gasteiger partial charge is 0.261 e. The first-order valence-electron chi connectivity index (χ1n) is 18.2. The lowest BCUT2D eigenvalue weighted by molar-refractivity contribution is -0.352. The van der Waals surface area contributed by atoms with Crippen LogP contribution >= 0.6 is 0 Å². The summed E-state index contributed by atoms with van der Waals surface area (Å²) in [6.07, 6.45) is -14.5. The van der Waals surface area contributed by atoms with Gasteiger partial charge in [-0.15, -0.1) is 0 Å². The fourth-order valence-electron chi connectivity index (χ4n) is 6.37. The van der Waals surface area contributed by atoms with Gasteiger partial charge < -0.3 is 74.8 Å². The number of carbonyl (C=O) groups is 2. The van der Waals surface area contributed by atoms with Crippen LogP contribution in [0.3, 0.4) is 0 Å². The van der Waals surface area contributed by atoms with Gasteiger partial charge in [-0.3, -0.25) is 9.59 Å². The van der Waals surface area contributed by atoms with Crippen molar-refractivity contribution in [3.63, 3.8) is 0 Å². The molecule has 0 bridgehead atoms. The lowest BCUT2D eigenvalue weighted by atomic mass is 9.87. The van der Waals surface area contributed by atoms with E-state index in [4.69, 9.17) is 28.4 Å². The Morgan fingerprint density at radius 2 is 1.40 bits per heavy atom. The highest BCUT2D eigenvalue weighted by atomic mass is 16.7. The van der Waals surface area contributed by atoms with Crippen molar-refractivity contribution in [1.82, 2.24) is 0 Å². The zero-order valence-electron chi connectivity index (χ0n) is 31.6. The molecule has 3 aromatic rings. The average Bonchev–Trinajstić information content (AvgIpc) is 3.56. The number of rotatable bonds is 11. The minimum absolute atomic E-state index is 0.0140. The molecular formula is C40H48N2O15. The fraction of sp³-hybridized carbons (Fsp3) is 0.450. The molecule has 308 valence electrons. The van der Waals surface area contributed by atoms with Gasteiger partial charge >= 0.3 is 0 Å². The molecule has 9 N–H and O–H groups in total. The fourth-order valence-corrected chi connectivity index (χ4v) is 6.37. The van der Waals surface area contributed by atoms with Crippen molar-refractivity contribution in [3.8, 4) is 17.2 Å². The molecule has 2 amide bonds. The lowest BCUT2D eigenvalue weighted by Crippen LogP contribution is -2.65. The number of hydrogen-bond donors (Lipinski definition) is 9. The zero-order chi connectivity index (χ0) is 41.4. The number of benzene rings is 3. The van der Waals surface area contributed by atoms with Crippen molar-refractivity contribution in [2.75, 3.05) is 23.8 Å². The van der Waals surface area contributed by atoms with Gasteiger partial charge in [-0.25, -0.2) is 0 Å². The summed E-state index contributed by atoms with van der Waals surface area (Å²) in [6, 6.07) is 15.8. The van der Waals surface area contributed by atoms with Crippen molar-refractivity contribution in [2.24, 2.45) is 5.41 Å². The van der Waals surface area contributed by atoms with Crippen molar-refractivity contribution >= 4 is 29.3 Å². The van der Waals surface area contributed by atoms with E-state index in [1.54, 1.807) is 49.4 Å². The Labute approximate surface area is 328 Å². The van der Waals surface area contributed by atoms with Crippen LogP contribution in [0.25, 0.3) is 6.08 Å². The molecule has 57 heavy (non-hydrogen) atoms. The molecular weight excluding hydrogens is 748 g/mol. The standard InChI is InChI=1S/C40H48N2O15/c1-6-19-7-9-20(10-8-19)35(50)42-23-15-16-24-33(57-40(5,56-24)39(2,3)4)27(23)36(51)41-21-11-13-22(14-12-21)52-37-32(49)30(47)34(26(18-44)54-37)55-38-31(48)29(46)28(45)25(17-43)53-38/h6-16,25-26,28-32,34,37-38,43-49H,1,17-18H2,2-5H3,(H,41,51)(H,42,50)/t25-,26-,28+,29+,30-,31-,32-,34-,37-,38+,40?/m1/s1. The zero-order valence-corrected chi connectivity index (χ0v) is 31.6. The monoisotopic (exact) mass is 796 g/mol. The number of hydrogen-bond acceptors (Lipinski definition) is 15. The van der Waals surface area contributed by atoms with E-state index in [9.17, 15) is 45.3 Å². The normalized spacial score (nSPS) is 31.0. The second-order valence-electron chi connectivity index (χ2n) is 15.1. The Morgan fingerprint density at radius 3 is 2.02 bits per heavy atom. The number of anilines is 2. The molecule has 0 aromatic heterocycles. The highest BCUT2D eigenvalue weighted by molar-refractivity contribution is 6.14. The number of ether oxygens (including phenoxy) is 6. The molecule has 0 saturated carbocycles. The Morgan fingerprint density at radius 1 is 0.772 bits per heavy atom. The number of amides is 2. The summed E-state index contributed by atoms with van der Waals surface area (Å²) in [7, 11) is 0. The topological polar surface area (TPSA) is 255 Å². The highest BCUT2D eigenvalue weighted by Crippen LogP contribution is 2.50. The van der Waals surface area contributed by atoms with Gasteiger partial charge in [-0.05, 0) is 54.1 Å². The average molecular weight is 797 g/mol. The SMILES string of the molecule is C=Cc1ccc(C(=O)Nc2ccc3c(c2C(=O)Nc2ccc(O[C@@H]4O[C@H](CO)[C@@H](O[C@@H]5O[C@H](CO)[C@H](O)[C@H](O)[C@H]5O)[C@H](O)[C@H]4O)cc2)OC(C)(C(C)(C)C)O3)cc1. The number of aliphatic hydroxyl groups is 7. The molecule has 2 fully saturated rings. The molecule has 3 heterocycles. The number of nitrogens with one attached hydrogen (secondary N) is 2. The van der Waals surface area contributed by atoms with Crippen molar-refractivity contribution in [1.29, 1.82) is 0 Å². The molecule has 0 aliphatic carbocycles. The second kappa shape index (κ2) is 16.7. The first-order valence-corrected chi connectivity index (χ1v) is 18.2. The maximum atomic E-state index is 14.1. The predicted molar refractivity (Wildman–Crippen MR) is 201 cm³/mol. The van der Waals surface area contributed by atoms with Crippen molar-refractivity contribution in [2.45, 2.75) is 94.9 Å². The van der Waals surface area contributed by atoms with Crippen LogP contribution < -0.4 is 24.8 Å². The van der Waals surface area contributed by atoms with E-state index in [2.05, 4.69) is 17.2 Å². The van der Waals surface area contributed by atoms with Crippen LogP contribution in [0.1, 0.15) is 54.0 Å². The third-order valence-electron chi connectivity index (χ3n) is 10.3. The van der Waals surface area contributed by atoms with E-state index < -0.39 is 97.6 Å². The largest absolute Gasteiger partial charge is 0.462 e. The molecule has 0 spiro atoms. The molecule has 17 heteroatoms. The van der Waals surface area contributed by atoms with Crippen LogP contribution in [-0.2, 0) is 14.2 Å². The van der Waals surface area contributed by atoms with Crippen LogP contribution in [-0.4, -0.2) is 128 Å². The third kappa shape index (κ3) is 8.49. The van der Waals surface area contributed by atoms with Gasteiger partial charge in [0.05, 0.1) is 18.9 Å².